The number of nitrogen functional groups attached to an aromatic ring is 1. The second-order valence-electron chi connectivity index (χ2n) is 4.75. The number of anilines is 2. The van der Waals surface area contributed by atoms with E-state index in [9.17, 15) is 18.3 Å². The van der Waals surface area contributed by atoms with Gasteiger partial charge in [0.15, 0.2) is 0 Å². The number of β-amino-alcohol motifs (C(OH)–C–C–N with tert-alkyl or cyclic N) is 1. The number of piperidine rings is 1. The van der Waals surface area contributed by atoms with Crippen LogP contribution in [-0.4, -0.2) is 34.3 Å². The van der Waals surface area contributed by atoms with Gasteiger partial charge < -0.3 is 15.7 Å². The molecule has 106 valence electrons. The summed E-state index contributed by atoms with van der Waals surface area (Å²) in [6.07, 6.45) is -4.53. The summed E-state index contributed by atoms with van der Waals surface area (Å²) in [4.78, 5) is 8.27. The van der Waals surface area contributed by atoms with Gasteiger partial charge in [-0.2, -0.15) is 13.2 Å². The molecule has 1 fully saturated rings. The third kappa shape index (κ3) is 3.06. The second-order valence-corrected chi connectivity index (χ2v) is 4.75. The maximum atomic E-state index is 12.6. The zero-order valence-corrected chi connectivity index (χ0v) is 10.4. The molecule has 5 nitrogen and oxygen atoms in total. The molecule has 0 radical (unpaired) electrons. The summed E-state index contributed by atoms with van der Waals surface area (Å²) in [6.45, 7) is 2.68. The van der Waals surface area contributed by atoms with Crippen LogP contribution < -0.4 is 10.6 Å². The van der Waals surface area contributed by atoms with Gasteiger partial charge in [-0.3, -0.25) is 0 Å². The number of halogens is 3. The molecular weight excluding hydrogens is 261 g/mol. The monoisotopic (exact) mass is 276 g/mol. The lowest BCUT2D eigenvalue weighted by atomic mass is 9.96. The largest absolute Gasteiger partial charge is 0.451 e. The molecule has 1 aromatic heterocycles. The minimum absolute atomic E-state index is 0.103. The summed E-state index contributed by atoms with van der Waals surface area (Å²) >= 11 is 0. The van der Waals surface area contributed by atoms with Crippen LogP contribution in [0.1, 0.15) is 19.2 Å². The molecule has 0 aliphatic carbocycles. The number of nitrogens with zero attached hydrogens (tertiary/aromatic N) is 3. The molecule has 0 aromatic carbocycles. The average molecular weight is 276 g/mol. The summed E-state index contributed by atoms with van der Waals surface area (Å²) in [6, 6.07) is 1.29. The highest BCUT2D eigenvalue weighted by molar-refractivity contribution is 5.47. The van der Waals surface area contributed by atoms with Crippen LogP contribution in [0.2, 0.25) is 0 Å². The van der Waals surface area contributed by atoms with Crippen molar-refractivity contribution >= 4 is 11.6 Å². The number of nitrogens with two attached hydrogens (primary N) is 1. The molecule has 2 rings (SSSR count). The van der Waals surface area contributed by atoms with Crippen LogP contribution in [0.25, 0.3) is 0 Å². The maximum Gasteiger partial charge on any atom is 0.451 e. The summed E-state index contributed by atoms with van der Waals surface area (Å²) < 4.78 is 37.8. The van der Waals surface area contributed by atoms with Crippen molar-refractivity contribution in [3.05, 3.63) is 11.9 Å². The van der Waals surface area contributed by atoms with E-state index in [1.165, 1.54) is 6.07 Å². The fraction of sp³-hybridized carbons (Fsp3) is 0.636. The van der Waals surface area contributed by atoms with Crippen molar-refractivity contribution in [1.29, 1.82) is 0 Å². The van der Waals surface area contributed by atoms with Gasteiger partial charge >= 0.3 is 6.18 Å². The Hall–Kier alpha value is -1.57. The van der Waals surface area contributed by atoms with Gasteiger partial charge in [0, 0.05) is 19.2 Å². The molecule has 2 unspecified atom stereocenters. The van der Waals surface area contributed by atoms with Gasteiger partial charge in [-0.1, -0.05) is 6.92 Å². The Morgan fingerprint density at radius 3 is 2.68 bits per heavy atom. The predicted molar refractivity (Wildman–Crippen MR) is 63.4 cm³/mol. The number of aliphatic hydroxyl groups is 1. The normalized spacial score (nSPS) is 24.6. The van der Waals surface area contributed by atoms with Crippen molar-refractivity contribution in [2.24, 2.45) is 5.92 Å². The van der Waals surface area contributed by atoms with Crippen molar-refractivity contribution in [1.82, 2.24) is 9.97 Å². The third-order valence-corrected chi connectivity index (χ3v) is 3.23. The van der Waals surface area contributed by atoms with E-state index in [2.05, 4.69) is 9.97 Å². The molecule has 0 bridgehead atoms. The third-order valence-electron chi connectivity index (χ3n) is 3.23. The van der Waals surface area contributed by atoms with E-state index in [1.54, 1.807) is 4.90 Å². The number of hydrogen-bond acceptors (Lipinski definition) is 5. The summed E-state index contributed by atoms with van der Waals surface area (Å²) in [5.41, 5.74) is 5.38. The van der Waals surface area contributed by atoms with E-state index in [-0.39, 0.29) is 24.1 Å². The summed E-state index contributed by atoms with van der Waals surface area (Å²) in [5.74, 6) is -1.26. The molecule has 0 saturated carbocycles. The Morgan fingerprint density at radius 1 is 1.42 bits per heavy atom. The highest BCUT2D eigenvalue weighted by Crippen LogP contribution is 2.29. The molecule has 2 atom stereocenters. The van der Waals surface area contributed by atoms with Crippen molar-refractivity contribution < 1.29 is 18.3 Å². The van der Waals surface area contributed by atoms with E-state index in [0.29, 0.717) is 13.0 Å². The van der Waals surface area contributed by atoms with Gasteiger partial charge in [0.05, 0.1) is 6.10 Å². The lowest BCUT2D eigenvalue weighted by molar-refractivity contribution is -0.144. The van der Waals surface area contributed by atoms with Gasteiger partial charge in [-0.25, -0.2) is 9.97 Å². The molecule has 19 heavy (non-hydrogen) atoms. The van der Waals surface area contributed by atoms with Crippen LogP contribution in [0.3, 0.4) is 0 Å². The molecule has 1 aliphatic rings. The van der Waals surface area contributed by atoms with Crippen LogP contribution in [0.4, 0.5) is 24.8 Å². The van der Waals surface area contributed by atoms with Crippen molar-refractivity contribution in [3.63, 3.8) is 0 Å². The van der Waals surface area contributed by atoms with E-state index < -0.39 is 18.1 Å². The topological polar surface area (TPSA) is 75.3 Å². The minimum atomic E-state index is -4.63. The summed E-state index contributed by atoms with van der Waals surface area (Å²) in [5, 5.41) is 9.77. The molecule has 3 N–H and O–H groups in total. The second kappa shape index (κ2) is 4.84. The highest BCUT2D eigenvalue weighted by atomic mass is 19.4. The van der Waals surface area contributed by atoms with Crippen LogP contribution in [0.5, 0.6) is 0 Å². The Bertz CT molecular complexity index is 466. The first-order chi connectivity index (χ1) is 8.77. The Labute approximate surface area is 108 Å². The SMILES string of the molecule is CC1CCN(c2cc(N)nc(C(F)(F)F)n2)CC1O. The zero-order chi connectivity index (χ0) is 14.2. The Kier molecular flexibility index (Phi) is 3.53. The Morgan fingerprint density at radius 2 is 2.11 bits per heavy atom. The number of aliphatic hydroxyl groups excluding tert-OH is 1. The van der Waals surface area contributed by atoms with E-state index in [1.807, 2.05) is 6.92 Å². The fourth-order valence-electron chi connectivity index (χ4n) is 2.00. The van der Waals surface area contributed by atoms with Gasteiger partial charge in [-0.15, -0.1) is 0 Å². The van der Waals surface area contributed by atoms with E-state index in [0.717, 1.165) is 0 Å². The minimum Gasteiger partial charge on any atom is -0.391 e. The first-order valence-corrected chi connectivity index (χ1v) is 5.92. The van der Waals surface area contributed by atoms with E-state index in [4.69, 9.17) is 5.73 Å². The number of hydrogen-bond donors (Lipinski definition) is 2. The van der Waals surface area contributed by atoms with Crippen LogP contribution in [0.15, 0.2) is 6.07 Å². The molecule has 1 saturated heterocycles. The van der Waals surface area contributed by atoms with Crippen LogP contribution in [-0.2, 0) is 6.18 Å². The first kappa shape index (κ1) is 13.9. The van der Waals surface area contributed by atoms with Gasteiger partial charge in [0.25, 0.3) is 0 Å². The van der Waals surface area contributed by atoms with Crippen LogP contribution in [0, 0.1) is 5.92 Å². The first-order valence-electron chi connectivity index (χ1n) is 5.92. The molecular formula is C11H15F3N4O. The standard InChI is InChI=1S/C11H15F3N4O/c1-6-2-3-18(5-7(6)19)9-4-8(15)16-10(17-9)11(12,13)14/h4,6-7,19H,2-3,5H2,1H3,(H2,15,16,17). The van der Waals surface area contributed by atoms with Gasteiger partial charge in [0.2, 0.25) is 5.82 Å². The molecule has 2 heterocycles. The zero-order valence-electron chi connectivity index (χ0n) is 10.4. The molecule has 0 spiro atoms. The predicted octanol–water partition coefficient (Wildman–Crippen LogP) is 1.28. The Balaban J connectivity index is 2.28. The van der Waals surface area contributed by atoms with Crippen molar-refractivity contribution in [2.75, 3.05) is 23.7 Å². The van der Waals surface area contributed by atoms with Crippen molar-refractivity contribution in [3.8, 4) is 0 Å². The van der Waals surface area contributed by atoms with Crippen LogP contribution >= 0.6 is 0 Å². The quantitative estimate of drug-likeness (QED) is 0.808. The lowest BCUT2D eigenvalue weighted by Gasteiger charge is -2.35. The smallest absolute Gasteiger partial charge is 0.391 e. The van der Waals surface area contributed by atoms with Gasteiger partial charge in [0.1, 0.15) is 11.6 Å². The maximum absolute atomic E-state index is 12.6. The average Bonchev–Trinajstić information content (AvgIpc) is 2.31. The van der Waals surface area contributed by atoms with Gasteiger partial charge in [-0.05, 0) is 12.3 Å². The molecule has 0 amide bonds. The fourth-order valence-corrected chi connectivity index (χ4v) is 2.00. The summed E-state index contributed by atoms with van der Waals surface area (Å²) in [7, 11) is 0. The lowest BCUT2D eigenvalue weighted by Crippen LogP contribution is -2.43. The number of alkyl halides is 3. The number of aromatic nitrogens is 2. The van der Waals surface area contributed by atoms with Crippen molar-refractivity contribution in [2.45, 2.75) is 25.6 Å². The number of rotatable bonds is 1. The molecule has 1 aliphatic heterocycles. The molecule has 1 aromatic rings. The van der Waals surface area contributed by atoms with E-state index >= 15 is 0 Å². The molecule has 8 heteroatoms. The highest BCUT2D eigenvalue weighted by Gasteiger charge is 2.36.